The van der Waals surface area contributed by atoms with Crippen LogP contribution in [0, 0.1) is 11.6 Å². The molecule has 3 saturated heterocycles. The van der Waals surface area contributed by atoms with Crippen molar-refractivity contribution in [1.29, 1.82) is 0 Å². The summed E-state index contributed by atoms with van der Waals surface area (Å²) in [5.74, 6) is -0.661. The van der Waals surface area contributed by atoms with E-state index in [1.807, 2.05) is 6.92 Å². The van der Waals surface area contributed by atoms with Crippen LogP contribution in [0.1, 0.15) is 55.8 Å². The van der Waals surface area contributed by atoms with Crippen molar-refractivity contribution in [3.05, 3.63) is 88.2 Å². The summed E-state index contributed by atoms with van der Waals surface area (Å²) >= 11 is 0. The molecule has 3 aliphatic heterocycles. The fourth-order valence-corrected chi connectivity index (χ4v) is 7.44. The first-order valence-corrected chi connectivity index (χ1v) is 18.1. The maximum Gasteiger partial charge on any atom is 0.263 e. The molecule has 2 bridgehead atoms. The Morgan fingerprint density at radius 3 is 2.12 bits per heavy atom. The molecule has 7 rings (SSSR count). The molecule has 3 aromatic carbocycles. The first-order valence-electron chi connectivity index (χ1n) is 18.1. The van der Waals surface area contributed by atoms with E-state index in [1.54, 1.807) is 55.2 Å². The largest absolute Gasteiger partial charge is 0.497 e. The number of piperazine rings is 3. The summed E-state index contributed by atoms with van der Waals surface area (Å²) in [6.45, 7) is 11.5. The number of pyridine rings is 1. The second-order valence-corrected chi connectivity index (χ2v) is 13.8. The lowest BCUT2D eigenvalue weighted by Crippen LogP contribution is -2.67. The highest BCUT2D eigenvalue weighted by Crippen LogP contribution is 2.30. The van der Waals surface area contributed by atoms with Gasteiger partial charge in [-0.3, -0.25) is 14.5 Å². The highest BCUT2D eigenvalue weighted by Gasteiger charge is 2.37. The molecule has 4 heterocycles. The molecule has 0 unspecified atom stereocenters. The number of unbranched alkanes of at least 4 members (excludes halogenated alkanes) is 4. The van der Waals surface area contributed by atoms with Crippen LogP contribution in [0.5, 0.6) is 17.2 Å². The number of ether oxygens (including phenoxy) is 3. The maximum absolute atomic E-state index is 14.2. The summed E-state index contributed by atoms with van der Waals surface area (Å²) in [7, 11) is 3.09. The minimum atomic E-state index is -0.815. The molecular weight excluding hydrogens is 654 g/mol. The summed E-state index contributed by atoms with van der Waals surface area (Å²) in [6.07, 6.45) is 7.67. The van der Waals surface area contributed by atoms with Crippen molar-refractivity contribution in [2.24, 2.45) is 0 Å². The normalized spacial score (nSPS) is 18.2. The van der Waals surface area contributed by atoms with E-state index in [-0.39, 0.29) is 17.8 Å². The van der Waals surface area contributed by atoms with Crippen molar-refractivity contribution in [3.63, 3.8) is 0 Å². The Bertz CT molecular complexity index is 1850. The summed E-state index contributed by atoms with van der Waals surface area (Å²) in [6, 6.07) is 13.4. The minimum absolute atomic E-state index is 0.0329. The van der Waals surface area contributed by atoms with E-state index in [4.69, 9.17) is 14.2 Å². The Morgan fingerprint density at radius 1 is 0.824 bits per heavy atom. The summed E-state index contributed by atoms with van der Waals surface area (Å²) < 4.78 is 48.7. The maximum atomic E-state index is 14.2. The molecule has 0 aliphatic carbocycles. The number of hydrogen-bond donors (Lipinski definition) is 0. The lowest BCUT2D eigenvalue weighted by Gasteiger charge is -2.50. The molecule has 4 aromatic rings. The van der Waals surface area contributed by atoms with Crippen LogP contribution in [-0.2, 0) is 0 Å². The fraction of sp³-hybridized carbons (Fsp3) is 0.450. The molecule has 3 fully saturated rings. The minimum Gasteiger partial charge on any atom is -0.497 e. The SMILES string of the molecule is CCCN(C(=O)c1cn(-c2cc(OC)cc(OC)c2)c2cc(OCCCCCCC[N+]34CCN(CC3)CC4)ccc2c1=O)c1cc(F)cc(F)c1. The van der Waals surface area contributed by atoms with Crippen LogP contribution in [-0.4, -0.2) is 93.0 Å². The van der Waals surface area contributed by atoms with E-state index in [1.165, 1.54) is 80.7 Å². The number of quaternary nitrogens is 1. The number of anilines is 1. The van der Waals surface area contributed by atoms with Crippen molar-refractivity contribution in [1.82, 2.24) is 9.47 Å². The van der Waals surface area contributed by atoms with Gasteiger partial charge in [0.05, 0.1) is 58.2 Å². The molecule has 0 radical (unpaired) electrons. The van der Waals surface area contributed by atoms with Gasteiger partial charge in [0, 0.05) is 73.8 Å². The number of hydrogen-bond acceptors (Lipinski definition) is 6. The Balaban J connectivity index is 1.22. The Labute approximate surface area is 298 Å². The van der Waals surface area contributed by atoms with E-state index in [0.717, 1.165) is 31.0 Å². The van der Waals surface area contributed by atoms with Gasteiger partial charge < -0.3 is 28.2 Å². The van der Waals surface area contributed by atoms with Gasteiger partial charge in [-0.15, -0.1) is 0 Å². The number of aromatic nitrogens is 1. The number of carbonyl (C=O) groups excluding carboxylic acids is 1. The quantitative estimate of drug-likeness (QED) is 0.0943. The zero-order chi connectivity index (χ0) is 36.0. The third-order valence-electron chi connectivity index (χ3n) is 10.4. The summed E-state index contributed by atoms with van der Waals surface area (Å²) in [4.78, 5) is 31.9. The van der Waals surface area contributed by atoms with E-state index in [9.17, 15) is 18.4 Å². The Kier molecular flexibility index (Phi) is 11.6. The molecule has 0 atom stereocenters. The zero-order valence-corrected chi connectivity index (χ0v) is 30.0. The van der Waals surface area contributed by atoms with Gasteiger partial charge in [0.25, 0.3) is 5.91 Å². The second-order valence-electron chi connectivity index (χ2n) is 13.8. The number of amides is 1. The lowest BCUT2D eigenvalue weighted by molar-refractivity contribution is -0.941. The average molecular weight is 704 g/mol. The number of benzene rings is 3. The molecular formula is C40H49F2N4O5+. The van der Waals surface area contributed by atoms with E-state index < -0.39 is 23.0 Å². The molecule has 3 aliphatic rings. The van der Waals surface area contributed by atoms with E-state index in [2.05, 4.69) is 4.90 Å². The van der Waals surface area contributed by atoms with E-state index in [0.29, 0.717) is 46.9 Å². The number of methoxy groups -OCH3 is 2. The van der Waals surface area contributed by atoms with Gasteiger partial charge in [-0.2, -0.15) is 0 Å². The smallest absolute Gasteiger partial charge is 0.263 e. The molecule has 0 spiro atoms. The van der Waals surface area contributed by atoms with Gasteiger partial charge in [-0.05, 0) is 49.9 Å². The number of rotatable bonds is 16. The van der Waals surface area contributed by atoms with Crippen LogP contribution >= 0.6 is 0 Å². The molecule has 1 aromatic heterocycles. The first-order chi connectivity index (χ1) is 24.7. The molecule has 11 heteroatoms. The van der Waals surface area contributed by atoms with Gasteiger partial charge in [0.1, 0.15) is 34.4 Å². The van der Waals surface area contributed by atoms with Gasteiger partial charge in [-0.1, -0.05) is 19.8 Å². The van der Waals surface area contributed by atoms with Crippen molar-refractivity contribution in [2.75, 3.05) is 78.1 Å². The molecule has 272 valence electrons. The van der Waals surface area contributed by atoms with Crippen molar-refractivity contribution in [2.45, 2.75) is 45.4 Å². The van der Waals surface area contributed by atoms with Gasteiger partial charge in [0.15, 0.2) is 0 Å². The standard InChI is InChI=1S/C40H49F2N4O5/c1-4-12-44(31-22-29(41)21-30(42)23-31)40(48)37-28-45(32-24-34(49-2)26-35(25-32)50-3)38-27-33(10-11-36(38)39(37)47)51-20-9-7-5-6-8-16-46-17-13-43(14-18-46)15-19-46/h10-11,21-28H,4-9,12-20H2,1-3H3/q+1. The molecule has 1 amide bonds. The first kappa shape index (κ1) is 36.3. The van der Waals surface area contributed by atoms with Gasteiger partial charge >= 0.3 is 0 Å². The topological polar surface area (TPSA) is 73.2 Å². The number of halogens is 2. The van der Waals surface area contributed by atoms with E-state index >= 15 is 0 Å². The highest BCUT2D eigenvalue weighted by atomic mass is 19.1. The van der Waals surface area contributed by atoms with Crippen molar-refractivity contribution >= 4 is 22.5 Å². The predicted molar refractivity (Wildman–Crippen MR) is 196 cm³/mol. The predicted octanol–water partition coefficient (Wildman–Crippen LogP) is 6.82. The molecule has 51 heavy (non-hydrogen) atoms. The fourth-order valence-electron chi connectivity index (χ4n) is 7.44. The summed E-state index contributed by atoms with van der Waals surface area (Å²) in [5.41, 5.74) is 0.490. The van der Waals surface area contributed by atoms with Crippen LogP contribution in [0.2, 0.25) is 0 Å². The van der Waals surface area contributed by atoms with Gasteiger partial charge in [0.2, 0.25) is 5.43 Å². The monoisotopic (exact) mass is 703 g/mol. The third-order valence-corrected chi connectivity index (χ3v) is 10.4. The lowest BCUT2D eigenvalue weighted by atomic mass is 10.1. The molecule has 9 nitrogen and oxygen atoms in total. The number of carbonyl (C=O) groups is 1. The zero-order valence-electron chi connectivity index (χ0n) is 30.0. The Hall–Kier alpha value is -4.48. The Morgan fingerprint density at radius 2 is 1.47 bits per heavy atom. The van der Waals surface area contributed by atoms with Crippen LogP contribution in [0.25, 0.3) is 16.6 Å². The summed E-state index contributed by atoms with van der Waals surface area (Å²) in [5, 5.41) is 0.290. The van der Waals surface area contributed by atoms with Crippen molar-refractivity contribution < 1.29 is 32.3 Å². The number of nitrogens with zero attached hydrogens (tertiary/aromatic N) is 4. The second kappa shape index (κ2) is 16.2. The van der Waals surface area contributed by atoms with Crippen LogP contribution in [0.3, 0.4) is 0 Å². The highest BCUT2D eigenvalue weighted by molar-refractivity contribution is 6.07. The van der Waals surface area contributed by atoms with Crippen LogP contribution < -0.4 is 24.5 Å². The van der Waals surface area contributed by atoms with Crippen molar-refractivity contribution in [3.8, 4) is 22.9 Å². The van der Waals surface area contributed by atoms with Gasteiger partial charge in [-0.25, -0.2) is 8.78 Å². The molecule has 0 N–H and O–H groups in total. The number of fused-ring (bicyclic) bond motifs is 4. The average Bonchev–Trinajstić information content (AvgIpc) is 3.14. The van der Waals surface area contributed by atoms with Crippen LogP contribution in [0.4, 0.5) is 14.5 Å². The molecule has 0 saturated carbocycles. The third kappa shape index (κ3) is 8.37. The van der Waals surface area contributed by atoms with Crippen LogP contribution in [0.15, 0.2) is 65.6 Å².